The summed E-state index contributed by atoms with van der Waals surface area (Å²) in [5, 5.41) is 3.54. The molecule has 0 bridgehead atoms. The van der Waals surface area contributed by atoms with E-state index in [1.807, 2.05) is 31.2 Å². The lowest BCUT2D eigenvalue weighted by Gasteiger charge is -2.07. The Labute approximate surface area is 155 Å². The predicted molar refractivity (Wildman–Crippen MR) is 98.6 cm³/mol. The Morgan fingerprint density at radius 1 is 1.12 bits per heavy atom. The van der Waals surface area contributed by atoms with Crippen LogP contribution in [0.4, 0.5) is 5.69 Å². The summed E-state index contributed by atoms with van der Waals surface area (Å²) in [4.78, 5) is 12.3. The molecule has 1 aromatic heterocycles. The van der Waals surface area contributed by atoms with Crippen molar-refractivity contribution in [3.8, 4) is 5.75 Å². The Morgan fingerprint density at radius 2 is 1.92 bits per heavy atom. The van der Waals surface area contributed by atoms with Gasteiger partial charge in [-0.1, -0.05) is 41.4 Å². The van der Waals surface area contributed by atoms with Gasteiger partial charge in [0, 0.05) is 5.02 Å². The van der Waals surface area contributed by atoms with Crippen molar-refractivity contribution in [3.63, 3.8) is 0 Å². The third-order valence-electron chi connectivity index (χ3n) is 3.53. The van der Waals surface area contributed by atoms with Gasteiger partial charge < -0.3 is 14.5 Å². The highest BCUT2D eigenvalue weighted by atomic mass is 35.5. The molecule has 1 amide bonds. The first-order valence-corrected chi connectivity index (χ1v) is 8.32. The average Bonchev–Trinajstić information content (AvgIpc) is 3.06. The van der Waals surface area contributed by atoms with E-state index < -0.39 is 5.91 Å². The molecule has 0 unspecified atom stereocenters. The van der Waals surface area contributed by atoms with Crippen molar-refractivity contribution in [1.29, 1.82) is 0 Å². The number of hydrogen-bond donors (Lipinski definition) is 1. The quantitative estimate of drug-likeness (QED) is 0.619. The fraction of sp³-hybridized carbons (Fsp3) is 0.105. The van der Waals surface area contributed by atoms with Gasteiger partial charge in [-0.3, -0.25) is 4.79 Å². The number of anilines is 1. The normalized spacial score (nSPS) is 10.5. The van der Waals surface area contributed by atoms with Crippen molar-refractivity contribution in [3.05, 3.63) is 81.7 Å². The second-order valence-corrected chi connectivity index (χ2v) is 6.24. The zero-order valence-electron chi connectivity index (χ0n) is 13.4. The fourth-order valence-electron chi connectivity index (χ4n) is 2.22. The van der Waals surface area contributed by atoms with Crippen molar-refractivity contribution >= 4 is 34.8 Å². The Balaban J connectivity index is 1.64. The van der Waals surface area contributed by atoms with Crippen LogP contribution in [0.5, 0.6) is 5.75 Å². The Kier molecular flexibility index (Phi) is 5.31. The molecule has 3 rings (SSSR count). The maximum Gasteiger partial charge on any atom is 0.291 e. The van der Waals surface area contributed by atoms with Gasteiger partial charge in [0.05, 0.1) is 10.7 Å². The topological polar surface area (TPSA) is 51.5 Å². The number of para-hydroxylation sites is 1. The number of aryl methyl sites for hydroxylation is 1. The number of hydrogen-bond acceptors (Lipinski definition) is 3. The first kappa shape index (κ1) is 17.4. The van der Waals surface area contributed by atoms with Crippen LogP contribution in [0.1, 0.15) is 21.9 Å². The van der Waals surface area contributed by atoms with E-state index in [9.17, 15) is 4.79 Å². The lowest BCUT2D eigenvalue weighted by molar-refractivity contribution is 0.0992. The van der Waals surface area contributed by atoms with Gasteiger partial charge in [0.2, 0.25) is 0 Å². The minimum atomic E-state index is -0.397. The van der Waals surface area contributed by atoms with Crippen LogP contribution in [0, 0.1) is 6.92 Å². The third-order valence-corrected chi connectivity index (χ3v) is 4.08. The van der Waals surface area contributed by atoms with E-state index >= 15 is 0 Å². The number of furan rings is 1. The number of ether oxygens (including phenoxy) is 1. The summed E-state index contributed by atoms with van der Waals surface area (Å²) < 4.78 is 11.2. The minimum Gasteiger partial charge on any atom is -0.485 e. The van der Waals surface area contributed by atoms with Crippen molar-refractivity contribution < 1.29 is 13.9 Å². The Morgan fingerprint density at radius 3 is 2.68 bits per heavy atom. The maximum absolute atomic E-state index is 12.3. The molecule has 4 nitrogen and oxygen atoms in total. The average molecular weight is 376 g/mol. The number of benzene rings is 2. The number of halogens is 2. The molecule has 6 heteroatoms. The zero-order valence-corrected chi connectivity index (χ0v) is 14.9. The van der Waals surface area contributed by atoms with E-state index in [1.165, 1.54) is 0 Å². The number of amides is 1. The molecular formula is C19H15Cl2NO3. The number of carbonyl (C=O) groups is 1. The van der Waals surface area contributed by atoms with Crippen LogP contribution < -0.4 is 10.1 Å². The Bertz CT molecular complexity index is 905. The van der Waals surface area contributed by atoms with E-state index in [0.29, 0.717) is 21.5 Å². The highest BCUT2D eigenvalue weighted by Gasteiger charge is 2.13. The van der Waals surface area contributed by atoms with Gasteiger partial charge in [-0.25, -0.2) is 0 Å². The van der Waals surface area contributed by atoms with E-state index in [4.69, 9.17) is 32.4 Å². The van der Waals surface area contributed by atoms with Crippen LogP contribution in [0.2, 0.25) is 10.0 Å². The van der Waals surface area contributed by atoms with Crippen LogP contribution in [0.15, 0.2) is 59.0 Å². The highest BCUT2D eigenvalue weighted by Crippen LogP contribution is 2.26. The highest BCUT2D eigenvalue weighted by molar-refractivity contribution is 6.36. The van der Waals surface area contributed by atoms with E-state index in [2.05, 4.69) is 5.32 Å². The molecule has 0 radical (unpaired) electrons. The van der Waals surface area contributed by atoms with Gasteiger partial charge in [0.1, 0.15) is 18.1 Å². The summed E-state index contributed by atoms with van der Waals surface area (Å²) in [6.45, 7) is 2.20. The molecule has 3 aromatic rings. The molecule has 0 aliphatic carbocycles. The molecule has 0 spiro atoms. The first-order chi connectivity index (χ1) is 12.0. The van der Waals surface area contributed by atoms with Crippen LogP contribution in [-0.2, 0) is 6.61 Å². The first-order valence-electron chi connectivity index (χ1n) is 7.56. The van der Waals surface area contributed by atoms with E-state index in [-0.39, 0.29) is 12.4 Å². The molecule has 0 aliphatic heterocycles. The Hall–Kier alpha value is -2.43. The van der Waals surface area contributed by atoms with Gasteiger partial charge in [0.15, 0.2) is 5.76 Å². The molecular weight excluding hydrogens is 361 g/mol. The fourth-order valence-corrected chi connectivity index (χ4v) is 2.68. The van der Waals surface area contributed by atoms with E-state index in [1.54, 1.807) is 30.3 Å². The molecule has 0 saturated heterocycles. The zero-order chi connectivity index (χ0) is 17.8. The van der Waals surface area contributed by atoms with Crippen molar-refractivity contribution in [2.24, 2.45) is 0 Å². The molecule has 1 heterocycles. The molecule has 2 aromatic carbocycles. The van der Waals surface area contributed by atoms with Gasteiger partial charge in [-0.05, 0) is 48.9 Å². The maximum atomic E-state index is 12.3. The van der Waals surface area contributed by atoms with Crippen LogP contribution in [0.25, 0.3) is 0 Å². The van der Waals surface area contributed by atoms with Crippen LogP contribution >= 0.6 is 23.2 Å². The molecule has 0 fully saturated rings. The number of carbonyl (C=O) groups excluding carboxylic acids is 1. The van der Waals surface area contributed by atoms with Gasteiger partial charge in [-0.2, -0.15) is 0 Å². The smallest absolute Gasteiger partial charge is 0.291 e. The third kappa shape index (κ3) is 4.35. The monoisotopic (exact) mass is 375 g/mol. The molecule has 0 atom stereocenters. The summed E-state index contributed by atoms with van der Waals surface area (Å²) in [6, 6.07) is 15.8. The number of nitrogens with one attached hydrogen (secondary N) is 1. The lowest BCUT2D eigenvalue weighted by atomic mass is 10.2. The van der Waals surface area contributed by atoms with Crippen LogP contribution in [-0.4, -0.2) is 5.91 Å². The second-order valence-electron chi connectivity index (χ2n) is 5.40. The summed E-state index contributed by atoms with van der Waals surface area (Å²) in [5.41, 5.74) is 1.49. The lowest BCUT2D eigenvalue weighted by Crippen LogP contribution is -2.11. The largest absolute Gasteiger partial charge is 0.485 e. The minimum absolute atomic E-state index is 0.175. The van der Waals surface area contributed by atoms with Crippen molar-refractivity contribution in [2.75, 3.05) is 5.32 Å². The van der Waals surface area contributed by atoms with Gasteiger partial charge in [0.25, 0.3) is 5.91 Å². The van der Waals surface area contributed by atoms with Crippen LogP contribution in [0.3, 0.4) is 0 Å². The van der Waals surface area contributed by atoms with Gasteiger partial charge in [-0.15, -0.1) is 0 Å². The number of rotatable bonds is 5. The van der Waals surface area contributed by atoms with Crippen molar-refractivity contribution in [1.82, 2.24) is 0 Å². The summed E-state index contributed by atoms with van der Waals surface area (Å²) >= 11 is 11.9. The van der Waals surface area contributed by atoms with E-state index in [0.717, 1.165) is 11.3 Å². The molecule has 25 heavy (non-hydrogen) atoms. The molecule has 128 valence electrons. The molecule has 0 saturated carbocycles. The SMILES string of the molecule is Cc1ccccc1OCc1ccc(C(=O)Nc2ccc(Cl)cc2Cl)o1. The summed E-state index contributed by atoms with van der Waals surface area (Å²) in [5.74, 6) is 1.11. The second kappa shape index (κ2) is 7.64. The van der Waals surface area contributed by atoms with Crippen molar-refractivity contribution in [2.45, 2.75) is 13.5 Å². The summed E-state index contributed by atoms with van der Waals surface area (Å²) in [7, 11) is 0. The molecule has 0 aliphatic rings. The standard InChI is InChI=1S/C19H15Cl2NO3/c1-12-4-2-3-5-17(12)24-11-14-7-9-18(25-14)19(23)22-16-8-6-13(20)10-15(16)21/h2-10H,11H2,1H3,(H,22,23). The predicted octanol–water partition coefficient (Wildman–Crippen LogP) is 5.73. The summed E-state index contributed by atoms with van der Waals surface area (Å²) in [6.07, 6.45) is 0. The molecule has 1 N–H and O–H groups in total. The van der Waals surface area contributed by atoms with Gasteiger partial charge >= 0.3 is 0 Å².